The average molecular weight is 390 g/mol. The highest BCUT2D eigenvalue weighted by atomic mass is 16.6. The number of carbonyl (C=O) groups is 2. The first-order valence-corrected chi connectivity index (χ1v) is 10.4. The summed E-state index contributed by atoms with van der Waals surface area (Å²) in [6.07, 6.45) is 6.56. The van der Waals surface area contributed by atoms with E-state index in [1.165, 1.54) is 0 Å². The molecule has 0 rings (SSSR count). The fraction of sp³-hybridized carbons (Fsp3) is 0.900. The Morgan fingerprint density at radius 1 is 0.926 bits per heavy atom. The summed E-state index contributed by atoms with van der Waals surface area (Å²) in [6.45, 7) is 7.37. The van der Waals surface area contributed by atoms with Crippen molar-refractivity contribution in [1.29, 1.82) is 0 Å². The fourth-order valence-corrected chi connectivity index (χ4v) is 2.66. The van der Waals surface area contributed by atoms with Gasteiger partial charge in [0, 0.05) is 6.61 Å². The molecular weight excluding hydrogens is 350 g/mol. The molecular formula is C20H39NO6. The number of hydrogen-bond donors (Lipinski definition) is 2. The summed E-state index contributed by atoms with van der Waals surface area (Å²) in [7, 11) is 0. The molecule has 0 saturated carbocycles. The molecule has 0 radical (unpaired) electrons. The second-order valence-electron chi connectivity index (χ2n) is 6.55. The van der Waals surface area contributed by atoms with Crippen LogP contribution in [-0.4, -0.2) is 62.2 Å². The van der Waals surface area contributed by atoms with Crippen LogP contribution in [0.25, 0.3) is 0 Å². The van der Waals surface area contributed by atoms with Crippen LogP contribution in [0.1, 0.15) is 72.1 Å². The molecule has 0 aromatic carbocycles. The van der Waals surface area contributed by atoms with E-state index in [0.29, 0.717) is 39.2 Å². The molecule has 0 aliphatic carbocycles. The lowest BCUT2D eigenvalue weighted by Crippen LogP contribution is -2.39. The zero-order valence-electron chi connectivity index (χ0n) is 17.3. The molecule has 0 spiro atoms. The van der Waals surface area contributed by atoms with Gasteiger partial charge in [-0.3, -0.25) is 4.79 Å². The molecule has 0 aliphatic rings. The Hall–Kier alpha value is -1.18. The standard InChI is InChI=1S/C20H39NO6/c1-4-7-8-11-17(22)13-14-21-18(20(24)27-6-3)12-9-10-15-25-16-19(23)26-5-2/h17-18,21-22H,4-16H2,1-3H3. The van der Waals surface area contributed by atoms with Gasteiger partial charge in [-0.15, -0.1) is 0 Å². The number of nitrogens with one attached hydrogen (secondary N) is 1. The van der Waals surface area contributed by atoms with Crippen molar-refractivity contribution in [2.75, 3.05) is 33.0 Å². The second-order valence-corrected chi connectivity index (χ2v) is 6.55. The zero-order chi connectivity index (χ0) is 20.3. The summed E-state index contributed by atoms with van der Waals surface area (Å²) in [5.41, 5.74) is 0. The highest BCUT2D eigenvalue weighted by Crippen LogP contribution is 2.08. The molecule has 27 heavy (non-hydrogen) atoms. The Bertz CT molecular complexity index is 377. The lowest BCUT2D eigenvalue weighted by atomic mass is 10.1. The van der Waals surface area contributed by atoms with Crippen molar-refractivity contribution in [3.63, 3.8) is 0 Å². The van der Waals surface area contributed by atoms with Gasteiger partial charge in [-0.25, -0.2) is 4.79 Å². The monoisotopic (exact) mass is 389 g/mol. The van der Waals surface area contributed by atoms with Crippen LogP contribution in [0.15, 0.2) is 0 Å². The van der Waals surface area contributed by atoms with E-state index in [1.807, 2.05) is 0 Å². The molecule has 0 amide bonds. The molecule has 2 unspecified atom stereocenters. The summed E-state index contributed by atoms with van der Waals surface area (Å²) in [4.78, 5) is 23.2. The van der Waals surface area contributed by atoms with Crippen LogP contribution < -0.4 is 5.32 Å². The first kappa shape index (κ1) is 25.8. The summed E-state index contributed by atoms with van der Waals surface area (Å²) in [5, 5.41) is 13.2. The van der Waals surface area contributed by atoms with E-state index < -0.39 is 0 Å². The minimum absolute atomic E-state index is 0.0384. The molecule has 7 heteroatoms. The molecule has 0 aromatic heterocycles. The summed E-state index contributed by atoms with van der Waals surface area (Å²) in [6, 6.07) is -0.377. The summed E-state index contributed by atoms with van der Waals surface area (Å²) >= 11 is 0. The maximum atomic E-state index is 12.1. The molecule has 0 aliphatic heterocycles. The predicted molar refractivity (Wildman–Crippen MR) is 104 cm³/mol. The Morgan fingerprint density at radius 3 is 2.30 bits per heavy atom. The summed E-state index contributed by atoms with van der Waals surface area (Å²) in [5.74, 6) is -0.619. The molecule has 2 atom stereocenters. The van der Waals surface area contributed by atoms with Gasteiger partial charge in [0.05, 0.1) is 19.3 Å². The maximum absolute atomic E-state index is 12.1. The number of rotatable bonds is 18. The number of esters is 2. The second kappa shape index (κ2) is 18.2. The van der Waals surface area contributed by atoms with Gasteiger partial charge in [-0.2, -0.15) is 0 Å². The van der Waals surface area contributed by atoms with Crippen molar-refractivity contribution in [1.82, 2.24) is 5.32 Å². The van der Waals surface area contributed by atoms with Crippen molar-refractivity contribution in [2.45, 2.75) is 84.3 Å². The van der Waals surface area contributed by atoms with Crippen molar-refractivity contribution in [3.05, 3.63) is 0 Å². The van der Waals surface area contributed by atoms with Crippen molar-refractivity contribution < 1.29 is 28.9 Å². The van der Waals surface area contributed by atoms with E-state index in [4.69, 9.17) is 14.2 Å². The van der Waals surface area contributed by atoms with Gasteiger partial charge in [0.15, 0.2) is 0 Å². The number of carbonyl (C=O) groups excluding carboxylic acids is 2. The lowest BCUT2D eigenvalue weighted by Gasteiger charge is -2.18. The third-order valence-corrected chi connectivity index (χ3v) is 4.14. The van der Waals surface area contributed by atoms with Crippen LogP contribution in [0.3, 0.4) is 0 Å². The zero-order valence-corrected chi connectivity index (χ0v) is 17.3. The molecule has 2 N–H and O–H groups in total. The van der Waals surface area contributed by atoms with Gasteiger partial charge in [0.25, 0.3) is 0 Å². The first-order chi connectivity index (χ1) is 13.0. The van der Waals surface area contributed by atoms with Crippen molar-refractivity contribution in [2.24, 2.45) is 0 Å². The van der Waals surface area contributed by atoms with Crippen molar-refractivity contribution >= 4 is 11.9 Å². The van der Waals surface area contributed by atoms with Gasteiger partial charge >= 0.3 is 11.9 Å². The number of unbranched alkanes of at least 4 members (excludes halogenated alkanes) is 3. The number of aliphatic hydroxyl groups is 1. The number of hydrogen-bond acceptors (Lipinski definition) is 7. The van der Waals surface area contributed by atoms with Crippen LogP contribution in [-0.2, 0) is 23.8 Å². The van der Waals surface area contributed by atoms with Gasteiger partial charge in [0.1, 0.15) is 12.6 Å². The topological polar surface area (TPSA) is 94.1 Å². The Balaban J connectivity index is 4.00. The smallest absolute Gasteiger partial charge is 0.332 e. The van der Waals surface area contributed by atoms with E-state index in [-0.39, 0.29) is 30.7 Å². The normalized spacial score (nSPS) is 13.2. The van der Waals surface area contributed by atoms with Crippen LogP contribution in [0, 0.1) is 0 Å². The quantitative estimate of drug-likeness (QED) is 0.275. The highest BCUT2D eigenvalue weighted by Gasteiger charge is 2.19. The molecule has 0 saturated heterocycles. The van der Waals surface area contributed by atoms with E-state index in [9.17, 15) is 14.7 Å². The van der Waals surface area contributed by atoms with Gasteiger partial charge in [-0.05, 0) is 52.5 Å². The maximum Gasteiger partial charge on any atom is 0.332 e. The Labute approximate surface area is 164 Å². The predicted octanol–water partition coefficient (Wildman–Crippen LogP) is 2.59. The Kier molecular flexibility index (Phi) is 17.4. The summed E-state index contributed by atoms with van der Waals surface area (Å²) < 4.78 is 15.2. The van der Waals surface area contributed by atoms with E-state index in [1.54, 1.807) is 13.8 Å². The van der Waals surface area contributed by atoms with E-state index in [2.05, 4.69) is 12.2 Å². The number of ether oxygens (including phenoxy) is 3. The highest BCUT2D eigenvalue weighted by molar-refractivity contribution is 5.75. The molecule has 0 bridgehead atoms. The Morgan fingerprint density at radius 2 is 1.63 bits per heavy atom. The van der Waals surface area contributed by atoms with E-state index in [0.717, 1.165) is 38.5 Å². The first-order valence-electron chi connectivity index (χ1n) is 10.4. The minimum atomic E-state index is -0.377. The average Bonchev–Trinajstić information content (AvgIpc) is 2.63. The minimum Gasteiger partial charge on any atom is -0.465 e. The van der Waals surface area contributed by atoms with Crippen LogP contribution in [0.2, 0.25) is 0 Å². The van der Waals surface area contributed by atoms with Crippen LogP contribution >= 0.6 is 0 Å². The molecule has 7 nitrogen and oxygen atoms in total. The SMILES string of the molecule is CCCCCC(O)CCNC(CCCCOCC(=O)OCC)C(=O)OCC. The number of aliphatic hydroxyl groups excluding tert-OH is 1. The molecule has 0 fully saturated rings. The largest absolute Gasteiger partial charge is 0.465 e. The molecule has 0 heterocycles. The molecule has 160 valence electrons. The van der Waals surface area contributed by atoms with Crippen LogP contribution in [0.4, 0.5) is 0 Å². The van der Waals surface area contributed by atoms with Gasteiger partial charge in [-0.1, -0.05) is 26.2 Å². The van der Waals surface area contributed by atoms with Gasteiger partial charge < -0.3 is 24.6 Å². The third kappa shape index (κ3) is 15.6. The fourth-order valence-electron chi connectivity index (χ4n) is 2.66. The third-order valence-electron chi connectivity index (χ3n) is 4.14. The molecule has 0 aromatic rings. The van der Waals surface area contributed by atoms with Gasteiger partial charge in [0.2, 0.25) is 0 Å². The van der Waals surface area contributed by atoms with Crippen LogP contribution in [0.5, 0.6) is 0 Å². The van der Waals surface area contributed by atoms with E-state index >= 15 is 0 Å². The lowest BCUT2D eigenvalue weighted by molar-refractivity contribution is -0.148. The van der Waals surface area contributed by atoms with Crippen molar-refractivity contribution in [3.8, 4) is 0 Å².